The number of aliphatic hydroxyl groups excluding tert-OH is 1. The van der Waals surface area contributed by atoms with Gasteiger partial charge >= 0.3 is 0 Å². The first kappa shape index (κ1) is 20.0. The molecule has 3 aromatic rings. The fraction of sp³-hybridized carbons (Fsp3) is 0.304. The third kappa shape index (κ3) is 3.02. The molecule has 0 amide bonds. The van der Waals surface area contributed by atoms with Gasteiger partial charge in [-0.05, 0) is 49.1 Å². The number of aliphatic hydroxyl groups is 1. The average molecular weight is 411 g/mol. The van der Waals surface area contributed by atoms with E-state index in [-0.39, 0.29) is 28.7 Å². The lowest BCUT2D eigenvalue weighted by Gasteiger charge is -2.37. The Labute approximate surface area is 173 Å². The summed E-state index contributed by atoms with van der Waals surface area (Å²) in [5.74, 6) is -1.36. The summed E-state index contributed by atoms with van der Waals surface area (Å²) in [5.41, 5.74) is 4.71. The van der Waals surface area contributed by atoms with Crippen LogP contribution in [0.15, 0.2) is 30.3 Å². The zero-order chi connectivity index (χ0) is 21.7. The van der Waals surface area contributed by atoms with Crippen LogP contribution in [0.5, 0.6) is 28.7 Å². The Morgan fingerprint density at radius 2 is 1.70 bits per heavy atom. The van der Waals surface area contributed by atoms with Gasteiger partial charge in [0.2, 0.25) is 0 Å². The number of benzene rings is 2. The lowest BCUT2D eigenvalue weighted by Crippen LogP contribution is -2.35. The number of hydrogen-bond donors (Lipinski definition) is 6. The summed E-state index contributed by atoms with van der Waals surface area (Å²) in [6.07, 6.45) is -1.20. The van der Waals surface area contributed by atoms with E-state index < -0.39 is 18.1 Å². The number of nitrogens with one attached hydrogen (secondary N) is 1. The molecular weight excluding hydrogens is 386 g/mol. The van der Waals surface area contributed by atoms with Crippen molar-refractivity contribution < 1.29 is 30.3 Å². The number of aromatic hydroxyl groups is 4. The lowest BCUT2D eigenvalue weighted by atomic mass is 9.80. The van der Waals surface area contributed by atoms with E-state index in [9.17, 15) is 25.5 Å². The van der Waals surface area contributed by atoms with Gasteiger partial charge in [-0.1, -0.05) is 13.0 Å². The smallest absolute Gasteiger partial charge is 0.157 e. The van der Waals surface area contributed by atoms with Crippen LogP contribution in [-0.4, -0.2) is 36.6 Å². The minimum atomic E-state index is -1.11. The summed E-state index contributed by atoms with van der Waals surface area (Å²) in [6.45, 7) is 5.99. The fourth-order valence-corrected chi connectivity index (χ4v) is 4.51. The third-order valence-electron chi connectivity index (χ3n) is 5.95. The van der Waals surface area contributed by atoms with Crippen molar-refractivity contribution in [2.75, 3.05) is 0 Å². The van der Waals surface area contributed by atoms with Gasteiger partial charge in [0.25, 0.3) is 0 Å². The number of ether oxygens (including phenoxy) is 1. The zero-order valence-electron chi connectivity index (χ0n) is 17.0. The van der Waals surface area contributed by atoms with E-state index in [1.165, 1.54) is 24.3 Å². The minimum absolute atomic E-state index is 0.165. The first-order valence-corrected chi connectivity index (χ1v) is 9.83. The molecule has 1 aliphatic heterocycles. The second-order valence-corrected chi connectivity index (χ2v) is 7.75. The van der Waals surface area contributed by atoms with Crippen LogP contribution >= 0.6 is 0 Å². The number of phenolic OH excluding ortho intramolecular Hbond substituents is 4. The average Bonchev–Trinajstić information content (AvgIpc) is 2.97. The highest BCUT2D eigenvalue weighted by atomic mass is 16.5. The third-order valence-corrected chi connectivity index (χ3v) is 5.95. The number of rotatable bonds is 3. The van der Waals surface area contributed by atoms with Gasteiger partial charge in [0, 0.05) is 29.1 Å². The Morgan fingerprint density at radius 3 is 2.33 bits per heavy atom. The van der Waals surface area contributed by atoms with Crippen molar-refractivity contribution >= 4 is 0 Å². The molecule has 1 aliphatic rings. The molecule has 0 unspecified atom stereocenters. The summed E-state index contributed by atoms with van der Waals surface area (Å²) in [5, 5.41) is 51.5. The Kier molecular flexibility index (Phi) is 4.78. The van der Waals surface area contributed by atoms with E-state index in [2.05, 4.69) is 11.9 Å². The van der Waals surface area contributed by atoms with Gasteiger partial charge in [0.05, 0.1) is 5.92 Å². The van der Waals surface area contributed by atoms with Crippen molar-refractivity contribution in [2.24, 2.45) is 0 Å². The first-order valence-electron chi connectivity index (χ1n) is 9.83. The van der Waals surface area contributed by atoms with Crippen molar-refractivity contribution in [1.29, 1.82) is 0 Å². The summed E-state index contributed by atoms with van der Waals surface area (Å²) >= 11 is 0. The molecule has 0 saturated carbocycles. The number of aryl methyl sites for hydroxylation is 1. The van der Waals surface area contributed by atoms with E-state index in [1.54, 1.807) is 6.07 Å². The summed E-state index contributed by atoms with van der Waals surface area (Å²) < 4.78 is 5.97. The van der Waals surface area contributed by atoms with Crippen LogP contribution in [0, 0.1) is 13.8 Å². The highest BCUT2D eigenvalue weighted by Gasteiger charge is 2.43. The molecule has 4 rings (SSSR count). The molecule has 1 aromatic heterocycles. The molecule has 0 fully saturated rings. The standard InChI is InChI=1S/C23H25NO6/c1-4-14-10(2)21(24-11(14)3)20-19-17(28)8-13(25)9-18(19)30-23(22(20)29)12-5-6-15(26)16(27)7-12/h5-9,20,22-29H,4H2,1-3H3/t20-,22-,23-/m1/s1. The van der Waals surface area contributed by atoms with Gasteiger partial charge in [-0.15, -0.1) is 0 Å². The minimum Gasteiger partial charge on any atom is -0.508 e. The molecule has 3 atom stereocenters. The van der Waals surface area contributed by atoms with Gasteiger partial charge in [-0.2, -0.15) is 0 Å². The molecule has 6 N–H and O–H groups in total. The van der Waals surface area contributed by atoms with E-state index in [0.29, 0.717) is 11.1 Å². The van der Waals surface area contributed by atoms with Crippen molar-refractivity contribution in [3.8, 4) is 28.7 Å². The molecule has 0 bridgehead atoms. The number of hydrogen-bond acceptors (Lipinski definition) is 6. The van der Waals surface area contributed by atoms with Crippen LogP contribution in [-0.2, 0) is 6.42 Å². The molecule has 2 aromatic carbocycles. The van der Waals surface area contributed by atoms with Crippen molar-refractivity contribution in [3.63, 3.8) is 0 Å². The van der Waals surface area contributed by atoms with Crippen LogP contribution in [0.2, 0.25) is 0 Å². The van der Waals surface area contributed by atoms with Crippen molar-refractivity contribution in [3.05, 3.63) is 64.0 Å². The largest absolute Gasteiger partial charge is 0.508 e. The molecule has 0 aliphatic carbocycles. The second kappa shape index (κ2) is 7.18. The van der Waals surface area contributed by atoms with Gasteiger partial charge < -0.3 is 35.3 Å². The van der Waals surface area contributed by atoms with Crippen LogP contribution in [0.1, 0.15) is 52.6 Å². The highest BCUT2D eigenvalue weighted by Crippen LogP contribution is 2.51. The molecule has 7 heteroatoms. The molecule has 158 valence electrons. The zero-order valence-corrected chi connectivity index (χ0v) is 17.0. The number of phenols is 4. The molecule has 30 heavy (non-hydrogen) atoms. The Balaban J connectivity index is 1.93. The fourth-order valence-electron chi connectivity index (χ4n) is 4.51. The molecule has 0 radical (unpaired) electrons. The molecular formula is C23H25NO6. The topological polar surface area (TPSA) is 126 Å². The second-order valence-electron chi connectivity index (χ2n) is 7.75. The quantitative estimate of drug-likeness (QED) is 0.366. The molecule has 2 heterocycles. The Hall–Kier alpha value is -3.32. The predicted octanol–water partition coefficient (Wildman–Crippen LogP) is 3.64. The van der Waals surface area contributed by atoms with Gasteiger partial charge in [0.1, 0.15) is 23.4 Å². The van der Waals surface area contributed by atoms with Crippen molar-refractivity contribution in [1.82, 2.24) is 4.98 Å². The van der Waals surface area contributed by atoms with Crippen LogP contribution < -0.4 is 4.74 Å². The number of H-pyrrole nitrogens is 1. The van der Waals surface area contributed by atoms with E-state index in [0.717, 1.165) is 28.9 Å². The maximum absolute atomic E-state index is 11.4. The van der Waals surface area contributed by atoms with Gasteiger partial charge in [0.15, 0.2) is 17.6 Å². The number of aromatic amines is 1. The normalized spacial score (nSPS) is 20.6. The van der Waals surface area contributed by atoms with Crippen molar-refractivity contribution in [2.45, 2.75) is 45.3 Å². The van der Waals surface area contributed by atoms with Crippen LogP contribution in [0.3, 0.4) is 0 Å². The van der Waals surface area contributed by atoms with E-state index in [4.69, 9.17) is 4.74 Å². The van der Waals surface area contributed by atoms with Crippen LogP contribution in [0.25, 0.3) is 0 Å². The lowest BCUT2D eigenvalue weighted by molar-refractivity contribution is 0.00645. The highest BCUT2D eigenvalue weighted by molar-refractivity contribution is 5.58. The summed E-state index contributed by atoms with van der Waals surface area (Å²) in [6, 6.07) is 6.83. The molecule has 0 saturated heterocycles. The van der Waals surface area contributed by atoms with Gasteiger partial charge in [-0.25, -0.2) is 0 Å². The molecule has 7 nitrogen and oxygen atoms in total. The molecule has 0 spiro atoms. The maximum atomic E-state index is 11.4. The summed E-state index contributed by atoms with van der Waals surface area (Å²) in [4.78, 5) is 3.36. The Morgan fingerprint density at radius 1 is 0.967 bits per heavy atom. The monoisotopic (exact) mass is 411 g/mol. The number of aromatic nitrogens is 1. The first-order chi connectivity index (χ1) is 14.2. The van der Waals surface area contributed by atoms with Crippen LogP contribution in [0.4, 0.5) is 0 Å². The maximum Gasteiger partial charge on any atom is 0.157 e. The van der Waals surface area contributed by atoms with E-state index >= 15 is 0 Å². The summed E-state index contributed by atoms with van der Waals surface area (Å²) in [7, 11) is 0. The van der Waals surface area contributed by atoms with Gasteiger partial charge in [-0.3, -0.25) is 0 Å². The SMILES string of the molecule is CCc1c(C)[nH]c([C@H]2c3c(O)cc(O)cc3O[C@H](c3ccc(O)c(O)c3)[C@@H]2O)c1C. The van der Waals surface area contributed by atoms with E-state index in [1.807, 2.05) is 13.8 Å². The number of fused-ring (bicyclic) bond motifs is 1. The Bertz CT molecular complexity index is 1120. The predicted molar refractivity (Wildman–Crippen MR) is 110 cm³/mol.